The minimum absolute atomic E-state index is 0.00637. The number of carbonyl (C=O) groups is 2. The Morgan fingerprint density at radius 1 is 1.36 bits per heavy atom. The number of nitrogens with one attached hydrogen (secondary N) is 1. The van der Waals surface area contributed by atoms with E-state index in [9.17, 15) is 14.4 Å². The third kappa shape index (κ3) is 5.58. The third-order valence-electron chi connectivity index (χ3n) is 5.86. The van der Waals surface area contributed by atoms with Gasteiger partial charge in [0.25, 0.3) is 5.91 Å². The van der Waals surface area contributed by atoms with Crippen LogP contribution in [-0.2, 0) is 16.0 Å². The molecule has 0 fully saturated rings. The van der Waals surface area contributed by atoms with Crippen molar-refractivity contribution >= 4 is 25.9 Å². The summed E-state index contributed by atoms with van der Waals surface area (Å²) >= 11 is 0. The number of hydrogen-bond acceptors (Lipinski definition) is 5. The Bertz CT molecular complexity index is 713. The highest BCUT2D eigenvalue weighted by Crippen LogP contribution is 2.39. The average molecular weight is 407 g/mol. The number of esters is 1. The smallest absolute Gasteiger partial charge is 0.325 e. The second kappa shape index (κ2) is 9.09. The van der Waals surface area contributed by atoms with Crippen LogP contribution < -0.4 is 5.32 Å². The number of hydrogen-bond donors (Lipinski definition) is 2. The van der Waals surface area contributed by atoms with Crippen LogP contribution in [0.1, 0.15) is 49.5 Å². The summed E-state index contributed by atoms with van der Waals surface area (Å²) in [6.07, 6.45) is 2.68. The Morgan fingerprint density at radius 2 is 2.07 bits per heavy atom. The molecule has 0 aliphatic carbocycles. The van der Waals surface area contributed by atoms with Crippen molar-refractivity contribution in [2.24, 2.45) is 0 Å². The SMILES string of the molecule is CCOC(=O)CN1CCc2cc(NCCCC(C)(C)[Si](C)(C)O)ccc2C1=O. The second-order valence-electron chi connectivity index (χ2n) is 8.63. The van der Waals surface area contributed by atoms with E-state index < -0.39 is 8.32 Å². The van der Waals surface area contributed by atoms with E-state index in [0.29, 0.717) is 18.7 Å². The quantitative estimate of drug-likeness (QED) is 0.373. The second-order valence-corrected chi connectivity index (χ2v) is 13.1. The highest BCUT2D eigenvalue weighted by Gasteiger charge is 2.37. The fraction of sp³-hybridized carbons (Fsp3) is 0.619. The largest absolute Gasteiger partial charge is 0.465 e. The molecule has 6 nitrogen and oxygen atoms in total. The van der Waals surface area contributed by atoms with E-state index in [4.69, 9.17) is 4.74 Å². The molecule has 1 amide bonds. The first-order valence-corrected chi connectivity index (χ1v) is 13.0. The first-order valence-electron chi connectivity index (χ1n) is 10.1. The lowest BCUT2D eigenvalue weighted by molar-refractivity contribution is -0.143. The zero-order chi connectivity index (χ0) is 20.9. The molecule has 0 unspecified atom stereocenters. The number of rotatable bonds is 9. The van der Waals surface area contributed by atoms with Gasteiger partial charge in [0, 0.05) is 24.3 Å². The van der Waals surface area contributed by atoms with Gasteiger partial charge in [-0.25, -0.2) is 0 Å². The molecular formula is C21H34N2O4Si. The molecule has 0 saturated heterocycles. The molecule has 156 valence electrons. The van der Waals surface area contributed by atoms with Crippen molar-refractivity contribution in [3.05, 3.63) is 29.3 Å². The maximum absolute atomic E-state index is 12.6. The van der Waals surface area contributed by atoms with Crippen LogP contribution in [0.4, 0.5) is 5.69 Å². The van der Waals surface area contributed by atoms with Gasteiger partial charge in [0.2, 0.25) is 0 Å². The number of nitrogens with zero attached hydrogens (tertiary/aromatic N) is 1. The molecule has 1 heterocycles. The van der Waals surface area contributed by atoms with Crippen LogP contribution in [0, 0.1) is 0 Å². The molecule has 7 heteroatoms. The maximum Gasteiger partial charge on any atom is 0.325 e. The van der Waals surface area contributed by atoms with Crippen molar-refractivity contribution in [3.8, 4) is 0 Å². The lowest BCUT2D eigenvalue weighted by Crippen LogP contribution is -2.41. The molecule has 0 spiro atoms. The molecule has 0 aromatic heterocycles. The van der Waals surface area contributed by atoms with E-state index in [1.165, 1.54) is 0 Å². The number of ether oxygens (including phenoxy) is 1. The lowest BCUT2D eigenvalue weighted by Gasteiger charge is -2.35. The fourth-order valence-corrected chi connectivity index (χ4v) is 4.02. The number of carbonyl (C=O) groups excluding carboxylic acids is 2. The predicted octanol–water partition coefficient (Wildman–Crippen LogP) is 3.42. The summed E-state index contributed by atoms with van der Waals surface area (Å²) in [6, 6.07) is 5.79. The van der Waals surface area contributed by atoms with E-state index in [0.717, 1.165) is 37.1 Å². The fourth-order valence-electron chi connectivity index (χ4n) is 3.23. The van der Waals surface area contributed by atoms with Gasteiger partial charge in [0.15, 0.2) is 8.32 Å². The Labute approximate surface area is 169 Å². The molecular weight excluding hydrogens is 372 g/mol. The highest BCUT2D eigenvalue weighted by atomic mass is 28.4. The molecule has 0 radical (unpaired) electrons. The Balaban J connectivity index is 1.91. The molecule has 1 aliphatic rings. The van der Waals surface area contributed by atoms with Gasteiger partial charge in [0.05, 0.1) is 6.61 Å². The van der Waals surface area contributed by atoms with Crippen LogP contribution in [0.25, 0.3) is 0 Å². The summed E-state index contributed by atoms with van der Waals surface area (Å²) in [5.74, 6) is -0.479. The van der Waals surface area contributed by atoms with Crippen molar-refractivity contribution in [1.29, 1.82) is 0 Å². The van der Waals surface area contributed by atoms with Crippen LogP contribution in [-0.4, -0.2) is 56.1 Å². The zero-order valence-corrected chi connectivity index (χ0v) is 18.8. The van der Waals surface area contributed by atoms with E-state index in [-0.39, 0.29) is 23.5 Å². The normalized spacial score (nSPS) is 14.6. The monoisotopic (exact) mass is 406 g/mol. The average Bonchev–Trinajstić information content (AvgIpc) is 2.60. The summed E-state index contributed by atoms with van der Waals surface area (Å²) in [5, 5.41) is 3.41. The van der Waals surface area contributed by atoms with Crippen molar-refractivity contribution in [3.63, 3.8) is 0 Å². The topological polar surface area (TPSA) is 78.9 Å². The summed E-state index contributed by atoms with van der Waals surface area (Å²) in [5.41, 5.74) is 2.68. The van der Waals surface area contributed by atoms with Crippen molar-refractivity contribution in [2.75, 3.05) is 31.6 Å². The zero-order valence-electron chi connectivity index (χ0n) is 17.8. The standard InChI is InChI=1S/C21H34N2O4Si/c1-6-27-19(24)15-23-13-10-16-14-17(8-9-18(16)20(23)25)22-12-7-11-21(2,3)28(4,5)26/h8-9,14,22,26H,6-7,10-13,15H2,1-5H3. The van der Waals surface area contributed by atoms with Gasteiger partial charge < -0.3 is 19.7 Å². The van der Waals surface area contributed by atoms with Crippen LogP contribution in [0.3, 0.4) is 0 Å². The van der Waals surface area contributed by atoms with Crippen LogP contribution in [0.5, 0.6) is 0 Å². The van der Waals surface area contributed by atoms with Crippen molar-refractivity contribution < 1.29 is 19.1 Å². The molecule has 1 aromatic rings. The van der Waals surface area contributed by atoms with Crippen molar-refractivity contribution in [2.45, 2.75) is 58.2 Å². The number of amides is 1. The Hall–Kier alpha value is -1.86. The van der Waals surface area contributed by atoms with Crippen molar-refractivity contribution in [1.82, 2.24) is 4.90 Å². The van der Waals surface area contributed by atoms with Gasteiger partial charge >= 0.3 is 5.97 Å². The van der Waals surface area contributed by atoms with Crippen LogP contribution >= 0.6 is 0 Å². The molecule has 1 aliphatic heterocycles. The van der Waals surface area contributed by atoms with Gasteiger partial charge in [0.1, 0.15) is 6.54 Å². The molecule has 28 heavy (non-hydrogen) atoms. The summed E-state index contributed by atoms with van der Waals surface area (Å²) in [6.45, 7) is 11.7. The van der Waals surface area contributed by atoms with E-state index in [2.05, 4.69) is 19.2 Å². The number of anilines is 1. The van der Waals surface area contributed by atoms with E-state index >= 15 is 0 Å². The van der Waals surface area contributed by atoms with Gasteiger partial charge in [-0.3, -0.25) is 9.59 Å². The number of fused-ring (bicyclic) bond motifs is 1. The minimum atomic E-state index is -2.17. The lowest BCUT2D eigenvalue weighted by atomic mass is 9.98. The first kappa shape index (κ1) is 22.4. The van der Waals surface area contributed by atoms with Crippen LogP contribution in [0.15, 0.2) is 18.2 Å². The summed E-state index contributed by atoms with van der Waals surface area (Å²) in [7, 11) is -2.17. The first-order chi connectivity index (χ1) is 13.0. The maximum atomic E-state index is 12.6. The summed E-state index contributed by atoms with van der Waals surface area (Å²) < 4.78 is 4.94. The molecule has 0 atom stereocenters. The highest BCUT2D eigenvalue weighted by molar-refractivity contribution is 6.72. The van der Waals surface area contributed by atoms with Crippen LogP contribution in [0.2, 0.25) is 18.1 Å². The molecule has 2 rings (SSSR count). The van der Waals surface area contributed by atoms with Gasteiger partial charge in [-0.05, 0) is 68.1 Å². The Kier molecular flexibility index (Phi) is 7.28. The molecule has 1 aromatic carbocycles. The molecule has 2 N–H and O–H groups in total. The van der Waals surface area contributed by atoms with Gasteiger partial charge in [-0.1, -0.05) is 13.8 Å². The third-order valence-corrected chi connectivity index (χ3v) is 9.43. The summed E-state index contributed by atoms with van der Waals surface area (Å²) in [4.78, 5) is 36.2. The molecule has 0 bridgehead atoms. The Morgan fingerprint density at radius 3 is 2.71 bits per heavy atom. The predicted molar refractivity (Wildman–Crippen MR) is 114 cm³/mol. The van der Waals surface area contributed by atoms with E-state index in [1.807, 2.05) is 31.3 Å². The van der Waals surface area contributed by atoms with E-state index in [1.54, 1.807) is 11.8 Å². The molecule has 0 saturated carbocycles. The number of benzene rings is 1. The van der Waals surface area contributed by atoms with Gasteiger partial charge in [-0.2, -0.15) is 0 Å². The van der Waals surface area contributed by atoms with Gasteiger partial charge in [-0.15, -0.1) is 0 Å². The minimum Gasteiger partial charge on any atom is -0.465 e.